The smallest absolute Gasteiger partial charge is 0.457 e. The van der Waals surface area contributed by atoms with Gasteiger partial charge in [0.15, 0.2) is 34.7 Å². The van der Waals surface area contributed by atoms with Gasteiger partial charge in [0.1, 0.15) is 23.0 Å². The van der Waals surface area contributed by atoms with Gasteiger partial charge in [0, 0.05) is 59.8 Å². The van der Waals surface area contributed by atoms with E-state index in [0.29, 0.717) is 46.6 Å². The minimum Gasteiger partial charge on any atom is -0.457 e. The molecule has 128 heavy (non-hydrogen) atoms. The maximum absolute atomic E-state index is 7.91. The highest BCUT2D eigenvalue weighted by Gasteiger charge is 2.53. The average molecular weight is 1720 g/mol. The molecule has 0 saturated carbocycles. The van der Waals surface area contributed by atoms with Crippen molar-refractivity contribution in [2.75, 3.05) is 0 Å². The minimum atomic E-state index is -0.640. The van der Waals surface area contributed by atoms with Crippen LogP contribution in [0.25, 0.3) is 122 Å². The number of fused-ring (bicyclic) bond motifs is 10. The third kappa shape index (κ3) is 13.9. The van der Waals surface area contributed by atoms with Crippen LogP contribution in [0.15, 0.2) is 405 Å². The first-order valence-corrected chi connectivity index (χ1v) is 43.3. The molecule has 16 heteroatoms. The van der Waals surface area contributed by atoms with E-state index in [9.17, 15) is 0 Å². The van der Waals surface area contributed by atoms with Gasteiger partial charge in [-0.1, -0.05) is 331 Å². The van der Waals surface area contributed by atoms with E-state index in [0.717, 1.165) is 143 Å². The molecule has 20 aromatic rings. The molecule has 14 nitrogen and oxygen atoms in total. The summed E-state index contributed by atoms with van der Waals surface area (Å²) in [5.41, 5.74) is 18.6. The molecule has 1 saturated heterocycles. The molecule has 1 fully saturated rings. The normalized spacial score (nSPS) is 13.9. The second-order valence-corrected chi connectivity index (χ2v) is 33.9. The standard InChI is InChI=1S/C53H33N5O.C31H29BO3.C28H16BrN5/c1-54-41-28-30-47-43(34-41)42-32-37(26-29-46(42)58(47)52-56-50(35-16-6-2-7-17-35)55-51(57-52)36-18-8-3-9-19-36)38-27-31-49-45(33-38)53(39-20-10-4-11-21-39,40-22-12-5-13-23-40)44-24-14-15-25-48(44)59-49;1-29(2)30(3,4)35-32(34-29)24-19-20-28-26(21-24)31(22-13-7-5-8-14-22,23-15-9-6-10-16-23)25-17-11-12-18-27(25)33-28;1-30-21-13-15-25-23(17-21)22-16-20(29)12-14-24(22)34(25)28-32-26(18-8-4-2-5-9-18)31-27(33-28)19-10-6-3-7-11-19/h2-34H;5-21H,1-4H3;2-17H. The van der Waals surface area contributed by atoms with Gasteiger partial charge >= 0.3 is 7.12 Å². The van der Waals surface area contributed by atoms with Gasteiger partial charge in [-0.05, 0) is 162 Å². The first-order chi connectivity index (χ1) is 62.7. The van der Waals surface area contributed by atoms with E-state index < -0.39 is 29.2 Å². The summed E-state index contributed by atoms with van der Waals surface area (Å²) < 4.78 is 31.2. The third-order valence-corrected chi connectivity index (χ3v) is 25.5. The minimum absolute atomic E-state index is 0.410. The van der Waals surface area contributed by atoms with Gasteiger partial charge in [-0.3, -0.25) is 9.13 Å². The summed E-state index contributed by atoms with van der Waals surface area (Å²) in [5, 5.41) is 3.93. The van der Waals surface area contributed by atoms with Crippen molar-refractivity contribution < 1.29 is 18.8 Å². The van der Waals surface area contributed by atoms with Crippen LogP contribution in [0.4, 0.5) is 11.4 Å². The van der Waals surface area contributed by atoms with E-state index in [1.54, 1.807) is 0 Å². The molecular formula is C112H78BBrN10O4. The van der Waals surface area contributed by atoms with Crippen molar-refractivity contribution in [1.82, 2.24) is 39.0 Å². The Kier molecular flexibility index (Phi) is 20.3. The molecule has 3 aliphatic heterocycles. The predicted octanol–water partition coefficient (Wildman–Crippen LogP) is 27.1. The Bertz CT molecular complexity index is 7540. The first-order valence-electron chi connectivity index (χ1n) is 42.5. The molecule has 0 amide bonds. The highest BCUT2D eigenvalue weighted by atomic mass is 79.9. The third-order valence-electron chi connectivity index (χ3n) is 25.0. The van der Waals surface area contributed by atoms with E-state index in [2.05, 4.69) is 276 Å². The second-order valence-electron chi connectivity index (χ2n) is 32.9. The van der Waals surface area contributed by atoms with Gasteiger partial charge in [0.2, 0.25) is 11.9 Å². The fourth-order valence-corrected chi connectivity index (χ4v) is 18.6. The fourth-order valence-electron chi connectivity index (χ4n) is 18.3. The molecule has 16 aromatic carbocycles. The van der Waals surface area contributed by atoms with Gasteiger partial charge in [-0.25, -0.2) is 19.7 Å². The number of aromatic nitrogens is 8. The SMILES string of the molecule is CC1(C)OB(c2ccc3c(c2)C(c2ccccc2)(c2ccccc2)c2ccccc2O3)OC1(C)C.[C-]#[N+]c1ccc2c(c1)c1cc(-c3ccc4c(c3)C(c3ccccc3)(c3ccccc3)c3ccccc3O4)ccc1n2-c1nc(-c2ccccc2)nc(-c2ccccc2)n1.[C-]#[N+]c1ccc2c(c1)c1cc(Br)ccc1n2-c1nc(-c2ccccc2)nc(-c2ccccc2)n1. The van der Waals surface area contributed by atoms with Crippen LogP contribution in [0.3, 0.4) is 0 Å². The zero-order chi connectivity index (χ0) is 86.7. The van der Waals surface area contributed by atoms with E-state index in [4.69, 9.17) is 61.8 Å². The Morgan fingerprint density at radius 1 is 0.281 bits per heavy atom. The molecule has 4 aromatic heterocycles. The van der Waals surface area contributed by atoms with Crippen molar-refractivity contribution in [1.29, 1.82) is 0 Å². The lowest BCUT2D eigenvalue weighted by Crippen LogP contribution is -2.41. The number of para-hydroxylation sites is 2. The molecule has 0 aliphatic carbocycles. The van der Waals surface area contributed by atoms with Crippen LogP contribution >= 0.6 is 15.9 Å². The molecule has 0 bridgehead atoms. The van der Waals surface area contributed by atoms with Crippen LogP contribution in [0, 0.1) is 13.1 Å². The average Bonchev–Trinajstić information content (AvgIpc) is 0.959. The van der Waals surface area contributed by atoms with E-state index in [1.807, 2.05) is 187 Å². The molecule has 3 aliphatic rings. The molecule has 610 valence electrons. The highest BCUT2D eigenvalue weighted by molar-refractivity contribution is 9.10. The van der Waals surface area contributed by atoms with Crippen molar-refractivity contribution in [3.05, 3.63) is 472 Å². The largest absolute Gasteiger partial charge is 0.494 e. The van der Waals surface area contributed by atoms with Crippen molar-refractivity contribution in [2.24, 2.45) is 0 Å². The number of benzene rings is 16. The van der Waals surface area contributed by atoms with Crippen LogP contribution in [-0.2, 0) is 20.1 Å². The number of halogens is 1. The summed E-state index contributed by atoms with van der Waals surface area (Å²) >= 11 is 3.59. The predicted molar refractivity (Wildman–Crippen MR) is 515 cm³/mol. The summed E-state index contributed by atoms with van der Waals surface area (Å²) in [6.07, 6.45) is 0. The number of nitrogens with zero attached hydrogens (tertiary/aromatic N) is 10. The number of rotatable bonds is 12. The molecule has 7 heterocycles. The zero-order valence-corrected chi connectivity index (χ0v) is 71.8. The van der Waals surface area contributed by atoms with Crippen molar-refractivity contribution >= 4 is 83.5 Å². The quantitative estimate of drug-likeness (QED) is 0.0860. The highest BCUT2D eigenvalue weighted by Crippen LogP contribution is 2.58. The Hall–Kier alpha value is -15.8. The van der Waals surface area contributed by atoms with E-state index in [1.165, 1.54) is 11.1 Å². The maximum Gasteiger partial charge on any atom is 0.494 e. The number of ether oxygens (including phenoxy) is 2. The van der Waals surface area contributed by atoms with E-state index in [-0.39, 0.29) is 0 Å². The number of hydrogen-bond acceptors (Lipinski definition) is 10. The van der Waals surface area contributed by atoms with Crippen molar-refractivity contribution in [3.8, 4) is 91.6 Å². The van der Waals surface area contributed by atoms with Gasteiger partial charge in [-0.2, -0.15) is 19.9 Å². The van der Waals surface area contributed by atoms with Crippen LogP contribution in [0.1, 0.15) is 72.2 Å². The molecule has 0 unspecified atom stereocenters. The molecule has 23 rings (SSSR count). The van der Waals surface area contributed by atoms with Crippen molar-refractivity contribution in [2.45, 2.75) is 49.7 Å². The second kappa shape index (κ2) is 32.7. The lowest BCUT2D eigenvalue weighted by Gasteiger charge is -2.41. The van der Waals surface area contributed by atoms with Crippen molar-refractivity contribution in [3.63, 3.8) is 0 Å². The molecule has 0 spiro atoms. The van der Waals surface area contributed by atoms with Gasteiger partial charge in [-0.15, -0.1) is 0 Å². The van der Waals surface area contributed by atoms with Crippen LogP contribution in [0.2, 0.25) is 0 Å². The summed E-state index contributed by atoms with van der Waals surface area (Å²) in [5.74, 6) is 6.78. The first kappa shape index (κ1) is 79.4. The summed E-state index contributed by atoms with van der Waals surface area (Å²) in [4.78, 5) is 37.2. The summed E-state index contributed by atoms with van der Waals surface area (Å²) in [6, 6.07) is 137. The molecular weight excluding hydrogens is 1640 g/mol. The number of hydrogen-bond donors (Lipinski definition) is 0. The molecule has 0 N–H and O–H groups in total. The fraction of sp³-hybridized carbons (Fsp3) is 0.0714. The Labute approximate surface area is 749 Å². The molecule has 0 radical (unpaired) electrons. The summed E-state index contributed by atoms with van der Waals surface area (Å²) in [6.45, 7) is 23.7. The van der Waals surface area contributed by atoms with Crippen LogP contribution in [0.5, 0.6) is 23.0 Å². The monoisotopic (exact) mass is 1720 g/mol. The Morgan fingerprint density at radius 2 is 0.586 bits per heavy atom. The van der Waals surface area contributed by atoms with Crippen LogP contribution in [-0.4, -0.2) is 57.4 Å². The van der Waals surface area contributed by atoms with Gasteiger partial charge < -0.3 is 18.8 Å². The van der Waals surface area contributed by atoms with E-state index >= 15 is 0 Å². The summed E-state index contributed by atoms with van der Waals surface area (Å²) in [7, 11) is -0.452. The Morgan fingerprint density at radius 3 is 0.977 bits per heavy atom. The lowest BCUT2D eigenvalue weighted by atomic mass is 9.62. The Balaban J connectivity index is 0.000000124. The van der Waals surface area contributed by atoms with Gasteiger partial charge in [0.05, 0.1) is 57.2 Å². The zero-order valence-electron chi connectivity index (χ0n) is 70.2. The topological polar surface area (TPSA) is 133 Å². The van der Waals surface area contributed by atoms with Gasteiger partial charge in [0.25, 0.3) is 0 Å². The lowest BCUT2D eigenvalue weighted by molar-refractivity contribution is 0.00578. The maximum atomic E-state index is 7.91. The molecule has 0 atom stereocenters. The van der Waals surface area contributed by atoms with Crippen LogP contribution < -0.4 is 14.9 Å².